The zero-order valence-corrected chi connectivity index (χ0v) is 11.4. The van der Waals surface area contributed by atoms with Crippen LogP contribution in [0.1, 0.15) is 45.3 Å². The molecule has 2 unspecified atom stereocenters. The molecule has 0 saturated carbocycles. The Morgan fingerprint density at radius 1 is 1.44 bits per heavy atom. The van der Waals surface area contributed by atoms with Gasteiger partial charge in [0.15, 0.2) is 0 Å². The Hall–Kier alpha value is -1.26. The number of hydrogen-bond donors (Lipinski definition) is 1. The molecule has 0 amide bonds. The van der Waals surface area contributed by atoms with E-state index in [1.165, 1.54) is 5.56 Å². The summed E-state index contributed by atoms with van der Waals surface area (Å²) in [5.74, 6) is 0.125. The Morgan fingerprint density at radius 3 is 3.00 bits per heavy atom. The van der Waals surface area contributed by atoms with Crippen LogP contribution in [-0.2, 0) is 6.42 Å². The van der Waals surface area contributed by atoms with E-state index in [9.17, 15) is 5.11 Å². The number of rotatable bonds is 2. The van der Waals surface area contributed by atoms with Crippen molar-refractivity contribution in [3.63, 3.8) is 0 Å². The van der Waals surface area contributed by atoms with E-state index in [0.717, 1.165) is 34.1 Å². The lowest BCUT2D eigenvalue weighted by Crippen LogP contribution is -2.09. The third-order valence-electron chi connectivity index (χ3n) is 3.59. The first-order chi connectivity index (χ1) is 8.66. The van der Waals surface area contributed by atoms with Crippen molar-refractivity contribution in [1.82, 2.24) is 9.97 Å². The number of aliphatic hydroxyl groups excluding tert-OH is 1. The summed E-state index contributed by atoms with van der Waals surface area (Å²) in [5.41, 5.74) is 3.30. The minimum atomic E-state index is -0.465. The first-order valence-corrected chi connectivity index (χ1v) is 7.04. The van der Waals surface area contributed by atoms with Crippen LogP contribution in [0.3, 0.4) is 0 Å². The molecule has 1 aliphatic carbocycles. The lowest BCUT2D eigenvalue weighted by Gasteiger charge is -2.17. The summed E-state index contributed by atoms with van der Waals surface area (Å²) in [6, 6.07) is 4.08. The lowest BCUT2D eigenvalue weighted by atomic mass is 9.97. The molecule has 2 aromatic rings. The van der Waals surface area contributed by atoms with Crippen LogP contribution in [0.4, 0.5) is 0 Å². The molecule has 0 fully saturated rings. The summed E-state index contributed by atoms with van der Waals surface area (Å²) in [5, 5.41) is 11.6. The monoisotopic (exact) mass is 260 g/mol. The molecule has 0 radical (unpaired) electrons. The summed E-state index contributed by atoms with van der Waals surface area (Å²) < 4.78 is 0. The van der Waals surface area contributed by atoms with Gasteiger partial charge in [-0.05, 0) is 38.3 Å². The van der Waals surface area contributed by atoms with Crippen LogP contribution < -0.4 is 0 Å². The second kappa shape index (κ2) is 4.44. The Balaban J connectivity index is 1.95. The molecule has 0 aromatic carbocycles. The van der Waals surface area contributed by atoms with Gasteiger partial charge in [0.2, 0.25) is 0 Å². The van der Waals surface area contributed by atoms with Crippen molar-refractivity contribution in [3.05, 3.63) is 45.2 Å². The van der Waals surface area contributed by atoms with Gasteiger partial charge in [0.1, 0.15) is 0 Å². The quantitative estimate of drug-likeness (QED) is 0.903. The Labute approximate surface area is 111 Å². The zero-order chi connectivity index (χ0) is 12.7. The van der Waals surface area contributed by atoms with Gasteiger partial charge in [0.05, 0.1) is 21.7 Å². The van der Waals surface area contributed by atoms with Crippen LogP contribution in [0.2, 0.25) is 0 Å². The van der Waals surface area contributed by atoms with Crippen molar-refractivity contribution in [2.24, 2.45) is 0 Å². The predicted molar refractivity (Wildman–Crippen MR) is 71.8 cm³/mol. The van der Waals surface area contributed by atoms with E-state index in [4.69, 9.17) is 0 Å². The number of aryl methyl sites for hydroxylation is 3. The highest BCUT2D eigenvalue weighted by Gasteiger charge is 2.32. The highest BCUT2D eigenvalue weighted by Crippen LogP contribution is 2.42. The van der Waals surface area contributed by atoms with Crippen molar-refractivity contribution in [2.75, 3.05) is 0 Å². The molecule has 3 rings (SSSR count). The van der Waals surface area contributed by atoms with Crippen molar-refractivity contribution in [1.29, 1.82) is 0 Å². The average molecular weight is 260 g/mol. The van der Waals surface area contributed by atoms with Crippen LogP contribution in [0.5, 0.6) is 0 Å². The summed E-state index contributed by atoms with van der Waals surface area (Å²) in [4.78, 5) is 9.84. The number of pyridine rings is 1. The number of fused-ring (bicyclic) bond motifs is 1. The van der Waals surface area contributed by atoms with E-state index in [-0.39, 0.29) is 5.92 Å². The van der Waals surface area contributed by atoms with Crippen LogP contribution in [-0.4, -0.2) is 15.1 Å². The van der Waals surface area contributed by atoms with Gasteiger partial charge < -0.3 is 5.11 Å². The van der Waals surface area contributed by atoms with E-state index in [0.29, 0.717) is 0 Å². The van der Waals surface area contributed by atoms with Gasteiger partial charge in [-0.3, -0.25) is 4.98 Å². The minimum Gasteiger partial charge on any atom is -0.387 e. The highest BCUT2D eigenvalue weighted by molar-refractivity contribution is 7.11. The first-order valence-electron chi connectivity index (χ1n) is 6.22. The summed E-state index contributed by atoms with van der Waals surface area (Å²) >= 11 is 1.60. The average Bonchev–Trinajstić information content (AvgIpc) is 2.92. The third-order valence-corrected chi connectivity index (χ3v) is 4.73. The summed E-state index contributed by atoms with van der Waals surface area (Å²) in [6.07, 6.45) is 3.34. The lowest BCUT2D eigenvalue weighted by molar-refractivity contribution is 0.146. The maximum absolute atomic E-state index is 10.6. The molecule has 1 N–H and O–H groups in total. The van der Waals surface area contributed by atoms with Crippen LogP contribution in [0.15, 0.2) is 18.3 Å². The van der Waals surface area contributed by atoms with E-state index in [1.807, 2.05) is 26.1 Å². The van der Waals surface area contributed by atoms with Crippen molar-refractivity contribution >= 4 is 11.3 Å². The number of nitrogens with zero attached hydrogens (tertiary/aromatic N) is 2. The summed E-state index contributed by atoms with van der Waals surface area (Å²) in [7, 11) is 0. The maximum atomic E-state index is 10.6. The van der Waals surface area contributed by atoms with Crippen LogP contribution in [0, 0.1) is 13.8 Å². The second-order valence-electron chi connectivity index (χ2n) is 4.82. The fourth-order valence-electron chi connectivity index (χ4n) is 2.76. The molecule has 1 aliphatic rings. The van der Waals surface area contributed by atoms with Gasteiger partial charge in [-0.2, -0.15) is 0 Å². The molecule has 94 valence electrons. The van der Waals surface area contributed by atoms with Crippen molar-refractivity contribution in [3.8, 4) is 0 Å². The molecule has 2 aromatic heterocycles. The predicted octanol–water partition coefficient (Wildman–Crippen LogP) is 2.92. The van der Waals surface area contributed by atoms with Gasteiger partial charge in [-0.25, -0.2) is 4.98 Å². The fourth-order valence-corrected chi connectivity index (χ4v) is 3.73. The molecule has 0 bridgehead atoms. The molecule has 2 heterocycles. The molecule has 3 nitrogen and oxygen atoms in total. The fraction of sp³-hybridized carbons (Fsp3) is 0.429. The third kappa shape index (κ3) is 1.85. The Morgan fingerprint density at radius 2 is 2.28 bits per heavy atom. The number of hydrogen-bond acceptors (Lipinski definition) is 4. The highest BCUT2D eigenvalue weighted by atomic mass is 32.1. The van der Waals surface area contributed by atoms with Gasteiger partial charge >= 0.3 is 0 Å². The largest absolute Gasteiger partial charge is 0.387 e. The molecule has 0 spiro atoms. The number of thiazole rings is 1. The van der Waals surface area contributed by atoms with Gasteiger partial charge in [-0.1, -0.05) is 6.07 Å². The smallest absolute Gasteiger partial charge is 0.0984 e. The summed E-state index contributed by atoms with van der Waals surface area (Å²) in [6.45, 7) is 3.95. The molecule has 4 heteroatoms. The topological polar surface area (TPSA) is 46.0 Å². The van der Waals surface area contributed by atoms with Crippen molar-refractivity contribution < 1.29 is 5.11 Å². The zero-order valence-electron chi connectivity index (χ0n) is 10.6. The van der Waals surface area contributed by atoms with E-state index >= 15 is 0 Å². The van der Waals surface area contributed by atoms with E-state index < -0.39 is 6.10 Å². The van der Waals surface area contributed by atoms with Gasteiger partial charge in [-0.15, -0.1) is 11.3 Å². The van der Waals surface area contributed by atoms with Gasteiger partial charge in [0, 0.05) is 17.8 Å². The molecule has 2 atom stereocenters. The first kappa shape index (κ1) is 11.8. The van der Waals surface area contributed by atoms with Crippen LogP contribution in [0.25, 0.3) is 0 Å². The number of aliphatic hydroxyl groups is 1. The normalized spacial score (nSPS) is 19.8. The Kier molecular flexibility index (Phi) is 2.92. The molecular formula is C14H16N2OS. The minimum absolute atomic E-state index is 0.125. The van der Waals surface area contributed by atoms with Crippen molar-refractivity contribution in [2.45, 2.75) is 38.7 Å². The molecule has 0 saturated heterocycles. The number of aromatic nitrogens is 2. The molecule has 0 aliphatic heterocycles. The van der Waals surface area contributed by atoms with E-state index in [2.05, 4.69) is 16.0 Å². The molecular weight excluding hydrogens is 244 g/mol. The van der Waals surface area contributed by atoms with Gasteiger partial charge in [0.25, 0.3) is 0 Å². The van der Waals surface area contributed by atoms with E-state index in [1.54, 1.807) is 11.3 Å². The van der Waals surface area contributed by atoms with Crippen LogP contribution >= 0.6 is 11.3 Å². The maximum Gasteiger partial charge on any atom is 0.0984 e. The molecule has 18 heavy (non-hydrogen) atoms. The standard InChI is InChI=1S/C14H16N2OS/c1-8-14(18-9(2)16-8)13(17)11-6-5-10-4-3-7-15-12(10)11/h3-4,7,11,13,17H,5-6H2,1-2H3. The Bertz CT molecular complexity index is 579. The SMILES string of the molecule is Cc1nc(C)c(C(O)C2CCc3cccnc32)s1. The second-order valence-corrected chi connectivity index (χ2v) is 6.06.